The van der Waals surface area contributed by atoms with E-state index in [4.69, 9.17) is 23.2 Å². The summed E-state index contributed by atoms with van der Waals surface area (Å²) in [4.78, 5) is 27.5. The van der Waals surface area contributed by atoms with Crippen molar-refractivity contribution in [3.05, 3.63) is 58.0 Å². The van der Waals surface area contributed by atoms with Gasteiger partial charge in [0.1, 0.15) is 5.65 Å². The average molecular weight is 498 g/mol. The molecule has 5 heterocycles. The Balaban J connectivity index is 1.36. The number of carbonyl (C=O) groups excluding carboxylic acids is 1. The lowest BCUT2D eigenvalue weighted by Gasteiger charge is -2.36. The number of likely N-dealkylation sites (tertiary alicyclic amines) is 1. The molecule has 1 aromatic carbocycles. The standard InChI is InChI=1S/C24H25Cl2N7O/c1-30-7-6-15(12-30)33-11-14(9-28-33)20-8-16-21-17(10-27-23(16)29-20)24(34)32(13-31(21)2)22-18(25)4-3-5-19(22)26/h3-5,8,10-11,15,28H,6-7,9,12-13H2,1-2H3,(H,27,29). The van der Waals surface area contributed by atoms with Gasteiger partial charge >= 0.3 is 0 Å². The maximum atomic E-state index is 13.5. The van der Waals surface area contributed by atoms with Crippen molar-refractivity contribution in [1.29, 1.82) is 0 Å². The lowest BCUT2D eigenvalue weighted by Crippen LogP contribution is -2.45. The number of halogens is 2. The van der Waals surface area contributed by atoms with Crippen LogP contribution in [0.1, 0.15) is 22.5 Å². The van der Waals surface area contributed by atoms with E-state index < -0.39 is 0 Å². The predicted octanol–water partition coefficient (Wildman–Crippen LogP) is 3.79. The van der Waals surface area contributed by atoms with Gasteiger partial charge < -0.3 is 19.8 Å². The number of likely N-dealkylation sites (N-methyl/N-ethyl adjacent to an activating group) is 1. The molecule has 2 N–H and O–H groups in total. The van der Waals surface area contributed by atoms with E-state index in [9.17, 15) is 4.79 Å². The summed E-state index contributed by atoms with van der Waals surface area (Å²) >= 11 is 12.8. The number of pyridine rings is 1. The molecule has 0 bridgehead atoms. The fourth-order valence-electron chi connectivity index (χ4n) is 5.19. The third-order valence-corrected chi connectivity index (χ3v) is 7.51. The van der Waals surface area contributed by atoms with Crippen molar-refractivity contribution in [2.45, 2.75) is 12.5 Å². The van der Waals surface area contributed by atoms with Gasteiger partial charge in [-0.3, -0.25) is 9.69 Å². The molecule has 2 aromatic heterocycles. The van der Waals surface area contributed by atoms with Crippen molar-refractivity contribution in [2.75, 3.05) is 50.2 Å². The Morgan fingerprint density at radius 2 is 1.94 bits per heavy atom. The molecule has 6 rings (SSSR count). The van der Waals surface area contributed by atoms with Gasteiger partial charge in [0, 0.05) is 49.2 Å². The van der Waals surface area contributed by atoms with Gasteiger partial charge in [-0.1, -0.05) is 29.3 Å². The molecule has 34 heavy (non-hydrogen) atoms. The molecule has 0 radical (unpaired) electrons. The number of H-pyrrole nitrogens is 1. The van der Waals surface area contributed by atoms with Crippen molar-refractivity contribution < 1.29 is 4.79 Å². The molecule has 8 nitrogen and oxygen atoms in total. The van der Waals surface area contributed by atoms with Crippen LogP contribution in [0.5, 0.6) is 0 Å². The lowest BCUT2D eigenvalue weighted by atomic mass is 10.1. The van der Waals surface area contributed by atoms with Crippen LogP contribution in [0.4, 0.5) is 11.4 Å². The first-order valence-corrected chi connectivity index (χ1v) is 12.1. The molecule has 3 aliphatic rings. The highest BCUT2D eigenvalue weighted by atomic mass is 35.5. The maximum Gasteiger partial charge on any atom is 0.263 e. The van der Waals surface area contributed by atoms with Gasteiger partial charge in [-0.15, -0.1) is 0 Å². The molecule has 3 aromatic rings. The van der Waals surface area contributed by atoms with E-state index in [0.29, 0.717) is 34.0 Å². The number of nitrogens with one attached hydrogen (secondary N) is 2. The molecule has 1 atom stereocenters. The monoisotopic (exact) mass is 497 g/mol. The number of hydrazine groups is 1. The normalized spacial score (nSPS) is 21.1. The summed E-state index contributed by atoms with van der Waals surface area (Å²) in [5.41, 5.74) is 8.35. The third-order valence-electron chi connectivity index (χ3n) is 6.90. The first kappa shape index (κ1) is 21.7. The maximum absolute atomic E-state index is 13.5. The largest absolute Gasteiger partial charge is 0.355 e. The smallest absolute Gasteiger partial charge is 0.263 e. The number of para-hydroxylation sites is 1. The first-order chi connectivity index (χ1) is 16.4. The van der Waals surface area contributed by atoms with Crippen LogP contribution in [-0.2, 0) is 0 Å². The molecule has 0 aliphatic carbocycles. The number of carbonyl (C=O) groups is 1. The predicted molar refractivity (Wildman–Crippen MR) is 136 cm³/mol. The van der Waals surface area contributed by atoms with E-state index in [-0.39, 0.29) is 5.91 Å². The molecule has 3 aliphatic heterocycles. The molecule has 10 heteroatoms. The summed E-state index contributed by atoms with van der Waals surface area (Å²) in [5.74, 6) is -0.168. The van der Waals surface area contributed by atoms with Gasteiger partial charge in [0.2, 0.25) is 0 Å². The zero-order valence-corrected chi connectivity index (χ0v) is 20.5. The second-order valence-electron chi connectivity index (χ2n) is 9.21. The summed E-state index contributed by atoms with van der Waals surface area (Å²) in [7, 11) is 4.12. The van der Waals surface area contributed by atoms with Crippen molar-refractivity contribution in [2.24, 2.45) is 0 Å². The molecule has 1 unspecified atom stereocenters. The molecule has 0 spiro atoms. The summed E-state index contributed by atoms with van der Waals surface area (Å²) < 4.78 is 0. The summed E-state index contributed by atoms with van der Waals surface area (Å²) in [6.45, 7) is 3.26. The van der Waals surface area contributed by atoms with Crippen molar-refractivity contribution >= 4 is 57.1 Å². The zero-order chi connectivity index (χ0) is 23.6. The molecular formula is C24H25Cl2N7O. The molecule has 1 amide bonds. The van der Waals surface area contributed by atoms with E-state index in [1.807, 2.05) is 11.9 Å². The second kappa shape index (κ2) is 8.16. The van der Waals surface area contributed by atoms with Gasteiger partial charge in [0.25, 0.3) is 5.91 Å². The van der Waals surface area contributed by atoms with Crippen LogP contribution in [0, 0.1) is 0 Å². The highest BCUT2D eigenvalue weighted by Crippen LogP contribution is 2.40. The quantitative estimate of drug-likeness (QED) is 0.573. The van der Waals surface area contributed by atoms with Gasteiger partial charge in [-0.2, -0.15) is 0 Å². The molecule has 1 fully saturated rings. The average Bonchev–Trinajstić information content (AvgIpc) is 3.55. The highest BCUT2D eigenvalue weighted by Gasteiger charge is 2.33. The number of amides is 1. The first-order valence-electron chi connectivity index (χ1n) is 11.3. The number of aromatic amines is 1. The Morgan fingerprint density at radius 3 is 2.68 bits per heavy atom. The number of rotatable bonds is 3. The summed E-state index contributed by atoms with van der Waals surface area (Å²) in [5, 5.41) is 4.03. The van der Waals surface area contributed by atoms with Crippen LogP contribution in [-0.4, -0.2) is 72.2 Å². The van der Waals surface area contributed by atoms with E-state index >= 15 is 0 Å². The molecule has 176 valence electrons. The van der Waals surface area contributed by atoms with Gasteiger partial charge in [0.05, 0.1) is 39.7 Å². The van der Waals surface area contributed by atoms with Crippen molar-refractivity contribution in [1.82, 2.24) is 25.3 Å². The number of benzene rings is 1. The van der Waals surface area contributed by atoms with E-state index in [1.54, 1.807) is 29.3 Å². The Morgan fingerprint density at radius 1 is 1.15 bits per heavy atom. The Kier molecular flexibility index (Phi) is 5.22. The number of anilines is 2. The van der Waals surface area contributed by atoms with Gasteiger partial charge in [-0.25, -0.2) is 10.4 Å². The number of nitrogens with zero attached hydrogens (tertiary/aromatic N) is 5. The highest BCUT2D eigenvalue weighted by molar-refractivity contribution is 6.40. The number of hydrogen-bond acceptors (Lipinski definition) is 6. The van der Waals surface area contributed by atoms with Crippen LogP contribution >= 0.6 is 23.2 Å². The molecule has 0 saturated carbocycles. The van der Waals surface area contributed by atoms with Crippen LogP contribution in [0.2, 0.25) is 10.0 Å². The number of aromatic nitrogens is 2. The number of hydrogen-bond donors (Lipinski definition) is 2. The van der Waals surface area contributed by atoms with E-state index in [2.05, 4.69) is 44.6 Å². The minimum Gasteiger partial charge on any atom is -0.355 e. The Bertz CT molecular complexity index is 1320. The van der Waals surface area contributed by atoms with Crippen LogP contribution < -0.4 is 15.2 Å². The fourth-order valence-corrected chi connectivity index (χ4v) is 5.79. The van der Waals surface area contributed by atoms with Crippen LogP contribution in [0.25, 0.3) is 16.6 Å². The van der Waals surface area contributed by atoms with E-state index in [1.165, 1.54) is 5.57 Å². The van der Waals surface area contributed by atoms with Crippen LogP contribution in [0.3, 0.4) is 0 Å². The lowest BCUT2D eigenvalue weighted by molar-refractivity contribution is 0.0982. The van der Waals surface area contributed by atoms with Gasteiger partial charge in [-0.05, 0) is 38.2 Å². The zero-order valence-electron chi connectivity index (χ0n) is 19.0. The fraction of sp³-hybridized carbons (Fsp3) is 0.333. The Labute approximate surface area is 207 Å². The molecule has 1 saturated heterocycles. The minimum atomic E-state index is -0.168. The third kappa shape index (κ3) is 3.44. The minimum absolute atomic E-state index is 0.168. The summed E-state index contributed by atoms with van der Waals surface area (Å²) in [6, 6.07) is 7.82. The van der Waals surface area contributed by atoms with E-state index in [0.717, 1.165) is 48.5 Å². The molecular weight excluding hydrogens is 473 g/mol. The van der Waals surface area contributed by atoms with Gasteiger partial charge in [0.15, 0.2) is 0 Å². The Hall–Kier alpha value is -2.78. The van der Waals surface area contributed by atoms with Crippen molar-refractivity contribution in [3.8, 4) is 0 Å². The second-order valence-corrected chi connectivity index (χ2v) is 10.0. The summed E-state index contributed by atoms with van der Waals surface area (Å²) in [6.07, 6.45) is 4.97. The van der Waals surface area contributed by atoms with Crippen molar-refractivity contribution in [3.63, 3.8) is 0 Å². The number of fused-ring (bicyclic) bond motifs is 3. The topological polar surface area (TPSA) is 70.7 Å². The SMILES string of the molecule is CN1CCC(N2C=C(c3cc4c5c(cnc4[nH]3)C(=O)N(c3c(Cl)cccc3Cl)CN5C)CN2)C1. The van der Waals surface area contributed by atoms with Crippen LogP contribution in [0.15, 0.2) is 36.7 Å².